The summed E-state index contributed by atoms with van der Waals surface area (Å²) in [6, 6.07) is 3.33. The number of aromatic nitrogens is 1. The third-order valence-corrected chi connectivity index (χ3v) is 3.19. The van der Waals surface area contributed by atoms with Gasteiger partial charge in [-0.3, -0.25) is 9.78 Å². The van der Waals surface area contributed by atoms with Crippen LogP contribution < -0.4 is 5.73 Å². The highest BCUT2D eigenvalue weighted by atomic mass is 16.2. The number of hydrogen-bond acceptors (Lipinski definition) is 3. The lowest BCUT2D eigenvalue weighted by Crippen LogP contribution is -2.43. The Balaban J connectivity index is 2.15. The summed E-state index contributed by atoms with van der Waals surface area (Å²) in [5.74, 6) is -0.00919. The van der Waals surface area contributed by atoms with E-state index in [4.69, 9.17) is 5.73 Å². The summed E-state index contributed by atoms with van der Waals surface area (Å²) >= 11 is 0. The molecule has 0 saturated carbocycles. The quantitative estimate of drug-likeness (QED) is 0.806. The normalized spacial score (nSPS) is 19.1. The van der Waals surface area contributed by atoms with Crippen molar-refractivity contribution in [2.75, 3.05) is 18.8 Å². The molecule has 0 spiro atoms. The number of nitrogens with two attached hydrogens (primary N) is 1. The lowest BCUT2D eigenvalue weighted by Gasteiger charge is -2.37. The molecule has 0 atom stereocenters. The van der Waals surface area contributed by atoms with Crippen LogP contribution in [-0.2, 0) is 0 Å². The lowest BCUT2D eigenvalue weighted by atomic mass is 9.84. The standard InChI is InChI=1S/C13H19N3O/c1-13(2)5-3-7-16(9-13)12(17)11-8-10(14)4-6-15-11/h4,6,8H,3,5,7,9H2,1-2H3,(H2,14,15). The molecule has 2 rings (SSSR count). The molecular weight excluding hydrogens is 214 g/mol. The Morgan fingerprint density at radius 1 is 1.53 bits per heavy atom. The highest BCUT2D eigenvalue weighted by molar-refractivity contribution is 5.93. The Kier molecular flexibility index (Phi) is 3.05. The summed E-state index contributed by atoms with van der Waals surface area (Å²) in [5, 5.41) is 0. The highest BCUT2D eigenvalue weighted by Gasteiger charge is 2.29. The number of rotatable bonds is 1. The van der Waals surface area contributed by atoms with Gasteiger partial charge < -0.3 is 10.6 Å². The van der Waals surface area contributed by atoms with Crippen LogP contribution in [0.5, 0.6) is 0 Å². The van der Waals surface area contributed by atoms with E-state index in [0.29, 0.717) is 11.4 Å². The molecule has 2 heterocycles. The molecule has 0 aromatic carbocycles. The van der Waals surface area contributed by atoms with E-state index in [9.17, 15) is 4.79 Å². The van der Waals surface area contributed by atoms with Crippen molar-refractivity contribution in [1.29, 1.82) is 0 Å². The van der Waals surface area contributed by atoms with Gasteiger partial charge in [-0.05, 0) is 30.4 Å². The molecule has 1 aliphatic rings. The maximum absolute atomic E-state index is 12.2. The van der Waals surface area contributed by atoms with E-state index in [0.717, 1.165) is 19.5 Å². The average Bonchev–Trinajstić information content (AvgIpc) is 2.26. The van der Waals surface area contributed by atoms with Crippen molar-refractivity contribution >= 4 is 11.6 Å². The minimum Gasteiger partial charge on any atom is -0.399 e. The van der Waals surface area contributed by atoms with E-state index in [1.165, 1.54) is 6.42 Å². The van der Waals surface area contributed by atoms with Gasteiger partial charge in [0.05, 0.1) is 0 Å². The molecule has 0 unspecified atom stereocenters. The van der Waals surface area contributed by atoms with Crippen molar-refractivity contribution in [3.8, 4) is 0 Å². The molecule has 4 heteroatoms. The number of hydrogen-bond donors (Lipinski definition) is 1. The smallest absolute Gasteiger partial charge is 0.272 e. The van der Waals surface area contributed by atoms with Gasteiger partial charge in [-0.1, -0.05) is 13.8 Å². The molecule has 1 amide bonds. The van der Waals surface area contributed by atoms with E-state index in [1.54, 1.807) is 18.3 Å². The molecule has 0 bridgehead atoms. The first-order valence-electron chi connectivity index (χ1n) is 5.99. The summed E-state index contributed by atoms with van der Waals surface area (Å²) in [7, 11) is 0. The van der Waals surface area contributed by atoms with Crippen LogP contribution in [0.2, 0.25) is 0 Å². The summed E-state index contributed by atoms with van der Waals surface area (Å²) in [5.41, 5.74) is 6.90. The highest BCUT2D eigenvalue weighted by Crippen LogP contribution is 2.29. The summed E-state index contributed by atoms with van der Waals surface area (Å²) in [6.07, 6.45) is 3.81. The van der Waals surface area contributed by atoms with Crippen molar-refractivity contribution < 1.29 is 4.79 Å². The fraction of sp³-hybridized carbons (Fsp3) is 0.538. The Bertz CT molecular complexity index is 428. The van der Waals surface area contributed by atoms with Crippen LogP contribution in [0.3, 0.4) is 0 Å². The average molecular weight is 233 g/mol. The Morgan fingerprint density at radius 2 is 2.29 bits per heavy atom. The third kappa shape index (κ3) is 2.75. The van der Waals surface area contributed by atoms with Gasteiger partial charge in [-0.2, -0.15) is 0 Å². The predicted molar refractivity (Wildman–Crippen MR) is 67.6 cm³/mol. The number of piperidine rings is 1. The number of nitrogens with zero attached hydrogens (tertiary/aromatic N) is 2. The number of carbonyl (C=O) groups is 1. The molecule has 1 saturated heterocycles. The topological polar surface area (TPSA) is 59.2 Å². The molecule has 0 radical (unpaired) electrons. The molecule has 0 aliphatic carbocycles. The fourth-order valence-corrected chi connectivity index (χ4v) is 2.32. The summed E-state index contributed by atoms with van der Waals surface area (Å²) in [6.45, 7) is 6.00. The largest absolute Gasteiger partial charge is 0.399 e. The molecule has 92 valence electrons. The maximum atomic E-state index is 12.2. The van der Waals surface area contributed by atoms with Crippen LogP contribution in [0.15, 0.2) is 18.3 Å². The minimum absolute atomic E-state index is 0.00919. The molecule has 1 aromatic heterocycles. The number of carbonyl (C=O) groups excluding carboxylic acids is 1. The van der Waals surface area contributed by atoms with Crippen LogP contribution in [0.25, 0.3) is 0 Å². The Labute approximate surface area is 102 Å². The zero-order chi connectivity index (χ0) is 12.5. The second-order valence-corrected chi connectivity index (χ2v) is 5.47. The van der Waals surface area contributed by atoms with E-state index >= 15 is 0 Å². The van der Waals surface area contributed by atoms with Gasteiger partial charge in [-0.25, -0.2) is 0 Å². The van der Waals surface area contributed by atoms with Crippen LogP contribution in [0.4, 0.5) is 5.69 Å². The minimum atomic E-state index is -0.00919. The van der Waals surface area contributed by atoms with Gasteiger partial charge in [0.1, 0.15) is 5.69 Å². The molecule has 1 aliphatic heterocycles. The number of pyridine rings is 1. The first-order chi connectivity index (χ1) is 7.98. The van der Waals surface area contributed by atoms with Crippen LogP contribution in [0.1, 0.15) is 37.2 Å². The van der Waals surface area contributed by atoms with Crippen LogP contribution in [0, 0.1) is 5.41 Å². The number of anilines is 1. The van der Waals surface area contributed by atoms with Gasteiger partial charge in [0.25, 0.3) is 5.91 Å². The molecule has 4 nitrogen and oxygen atoms in total. The van der Waals surface area contributed by atoms with Crippen molar-refractivity contribution in [1.82, 2.24) is 9.88 Å². The number of nitrogen functional groups attached to an aromatic ring is 1. The second-order valence-electron chi connectivity index (χ2n) is 5.47. The number of likely N-dealkylation sites (tertiary alicyclic amines) is 1. The van der Waals surface area contributed by atoms with E-state index in [1.807, 2.05) is 4.90 Å². The van der Waals surface area contributed by atoms with E-state index in [2.05, 4.69) is 18.8 Å². The van der Waals surface area contributed by atoms with Crippen molar-refractivity contribution in [2.45, 2.75) is 26.7 Å². The van der Waals surface area contributed by atoms with Gasteiger partial charge >= 0.3 is 0 Å². The SMILES string of the molecule is CC1(C)CCCN(C(=O)c2cc(N)ccn2)C1. The molecule has 1 fully saturated rings. The number of amides is 1. The fourth-order valence-electron chi connectivity index (χ4n) is 2.32. The van der Waals surface area contributed by atoms with Crippen molar-refractivity contribution in [3.05, 3.63) is 24.0 Å². The van der Waals surface area contributed by atoms with Crippen LogP contribution >= 0.6 is 0 Å². The second kappa shape index (κ2) is 4.35. The van der Waals surface area contributed by atoms with Crippen molar-refractivity contribution in [2.24, 2.45) is 5.41 Å². The first-order valence-corrected chi connectivity index (χ1v) is 5.99. The third-order valence-electron chi connectivity index (χ3n) is 3.19. The summed E-state index contributed by atoms with van der Waals surface area (Å²) in [4.78, 5) is 18.2. The van der Waals surface area contributed by atoms with Gasteiger partial charge in [0.15, 0.2) is 0 Å². The molecular formula is C13H19N3O. The van der Waals surface area contributed by atoms with Crippen molar-refractivity contribution in [3.63, 3.8) is 0 Å². The van der Waals surface area contributed by atoms with E-state index in [-0.39, 0.29) is 11.3 Å². The Morgan fingerprint density at radius 3 is 2.94 bits per heavy atom. The zero-order valence-electron chi connectivity index (χ0n) is 10.4. The summed E-state index contributed by atoms with van der Waals surface area (Å²) < 4.78 is 0. The zero-order valence-corrected chi connectivity index (χ0v) is 10.4. The van der Waals surface area contributed by atoms with Gasteiger partial charge in [0.2, 0.25) is 0 Å². The van der Waals surface area contributed by atoms with Gasteiger partial charge in [-0.15, -0.1) is 0 Å². The van der Waals surface area contributed by atoms with E-state index < -0.39 is 0 Å². The lowest BCUT2D eigenvalue weighted by molar-refractivity contribution is 0.0577. The predicted octanol–water partition coefficient (Wildman–Crippen LogP) is 1.93. The van der Waals surface area contributed by atoms with Crippen LogP contribution in [-0.4, -0.2) is 28.9 Å². The molecule has 1 aromatic rings. The first kappa shape index (κ1) is 11.9. The molecule has 17 heavy (non-hydrogen) atoms. The maximum Gasteiger partial charge on any atom is 0.272 e. The monoisotopic (exact) mass is 233 g/mol. The Hall–Kier alpha value is -1.58. The molecule has 2 N–H and O–H groups in total. The van der Waals surface area contributed by atoms with Gasteiger partial charge in [0, 0.05) is 25.0 Å².